The average Bonchev–Trinajstić information content (AvgIpc) is 2.33. The molecule has 1 aromatic rings. The molecule has 10 heteroatoms. The third kappa shape index (κ3) is 6.50. The van der Waals surface area contributed by atoms with Crippen LogP contribution < -0.4 is 10.6 Å². The maximum atomic E-state index is 12.6. The van der Waals surface area contributed by atoms with Crippen molar-refractivity contribution in [1.82, 2.24) is 9.97 Å². The third-order valence-electron chi connectivity index (χ3n) is 2.29. The Morgan fingerprint density at radius 3 is 2.24 bits per heavy atom. The van der Waals surface area contributed by atoms with Gasteiger partial charge < -0.3 is 10.6 Å². The maximum absolute atomic E-state index is 12.6. The van der Waals surface area contributed by atoms with Crippen molar-refractivity contribution in [2.75, 3.05) is 23.7 Å². The minimum Gasteiger partial charge on any atom is -0.370 e. The van der Waals surface area contributed by atoms with Gasteiger partial charge in [0.2, 0.25) is 5.95 Å². The zero-order valence-electron chi connectivity index (χ0n) is 11.1. The van der Waals surface area contributed by atoms with Gasteiger partial charge in [0.05, 0.1) is 0 Å². The van der Waals surface area contributed by atoms with E-state index < -0.39 is 24.5 Å². The molecule has 0 radical (unpaired) electrons. The van der Waals surface area contributed by atoms with Crippen molar-refractivity contribution in [2.45, 2.75) is 32.1 Å². The molecule has 2 N–H and O–H groups in total. The summed E-state index contributed by atoms with van der Waals surface area (Å²) in [6, 6.07) is 0.661. The molecule has 0 aromatic carbocycles. The summed E-state index contributed by atoms with van der Waals surface area (Å²) in [5.74, 6) is -0.402. The van der Waals surface area contributed by atoms with E-state index in [4.69, 9.17) is 0 Å². The molecular formula is C11H14F6N4. The highest BCUT2D eigenvalue weighted by atomic mass is 19.4. The Morgan fingerprint density at radius 2 is 1.71 bits per heavy atom. The quantitative estimate of drug-likeness (QED) is 0.621. The molecule has 0 amide bonds. The number of hydrogen-bond donors (Lipinski definition) is 2. The summed E-state index contributed by atoms with van der Waals surface area (Å²) in [7, 11) is 0. The molecule has 1 aromatic heterocycles. The molecule has 4 nitrogen and oxygen atoms in total. The van der Waals surface area contributed by atoms with E-state index >= 15 is 0 Å². The zero-order chi connectivity index (χ0) is 16.1. The predicted octanol–water partition coefficient (Wildman–Crippen LogP) is 3.68. The average molecular weight is 316 g/mol. The molecular weight excluding hydrogens is 302 g/mol. The van der Waals surface area contributed by atoms with Gasteiger partial charge in [0.1, 0.15) is 5.82 Å². The molecule has 0 aliphatic heterocycles. The van der Waals surface area contributed by atoms with Gasteiger partial charge in [-0.25, -0.2) is 4.98 Å². The van der Waals surface area contributed by atoms with Crippen molar-refractivity contribution < 1.29 is 26.3 Å². The van der Waals surface area contributed by atoms with Crippen LogP contribution in [0.5, 0.6) is 0 Å². The van der Waals surface area contributed by atoms with E-state index in [1.165, 1.54) is 0 Å². The van der Waals surface area contributed by atoms with Gasteiger partial charge >= 0.3 is 12.4 Å². The molecule has 21 heavy (non-hydrogen) atoms. The molecule has 1 rings (SSSR count). The van der Waals surface area contributed by atoms with Crippen LogP contribution in [0.1, 0.15) is 25.5 Å². The topological polar surface area (TPSA) is 49.8 Å². The van der Waals surface area contributed by atoms with Gasteiger partial charge in [0.15, 0.2) is 5.69 Å². The van der Waals surface area contributed by atoms with E-state index in [0.717, 1.165) is 0 Å². The van der Waals surface area contributed by atoms with Crippen LogP contribution in [0.25, 0.3) is 0 Å². The number of alkyl halides is 6. The highest BCUT2D eigenvalue weighted by Crippen LogP contribution is 2.29. The fraction of sp³-hybridized carbons (Fsp3) is 0.636. The van der Waals surface area contributed by atoms with Crippen LogP contribution in [0.3, 0.4) is 0 Å². The van der Waals surface area contributed by atoms with Gasteiger partial charge in [0, 0.05) is 25.6 Å². The van der Waals surface area contributed by atoms with E-state index in [2.05, 4.69) is 20.6 Å². The van der Waals surface area contributed by atoms with Gasteiger partial charge in [0.25, 0.3) is 0 Å². The van der Waals surface area contributed by atoms with Crippen molar-refractivity contribution in [1.29, 1.82) is 0 Å². The van der Waals surface area contributed by atoms with Crippen LogP contribution in [0, 0.1) is 0 Å². The molecule has 0 aliphatic carbocycles. The normalized spacial score (nSPS) is 12.3. The number of rotatable bonds is 6. The summed E-state index contributed by atoms with van der Waals surface area (Å²) in [4.78, 5) is 7.05. The maximum Gasteiger partial charge on any atom is 0.433 e. The number of nitrogens with zero attached hydrogens (tertiary/aromatic N) is 2. The molecule has 0 unspecified atom stereocenters. The monoisotopic (exact) mass is 316 g/mol. The highest BCUT2D eigenvalue weighted by Gasteiger charge is 2.33. The van der Waals surface area contributed by atoms with Crippen LogP contribution in [0.2, 0.25) is 0 Å². The van der Waals surface area contributed by atoms with Crippen molar-refractivity contribution in [3.8, 4) is 0 Å². The molecule has 120 valence electrons. The van der Waals surface area contributed by atoms with E-state index in [1.807, 2.05) is 0 Å². The molecule has 0 spiro atoms. The second-order valence-corrected chi connectivity index (χ2v) is 4.14. The van der Waals surface area contributed by atoms with Crippen LogP contribution in [0.15, 0.2) is 6.07 Å². The van der Waals surface area contributed by atoms with Crippen molar-refractivity contribution in [3.05, 3.63) is 11.8 Å². The first-order valence-corrected chi connectivity index (χ1v) is 6.12. The first-order chi connectivity index (χ1) is 9.62. The molecule has 0 saturated heterocycles. The number of hydrogen-bond acceptors (Lipinski definition) is 4. The van der Waals surface area contributed by atoms with Gasteiger partial charge in [-0.05, 0) is 13.3 Å². The minimum atomic E-state index is -4.66. The molecule has 0 fully saturated rings. The summed E-state index contributed by atoms with van der Waals surface area (Å²) in [5.41, 5.74) is -1.16. The Morgan fingerprint density at radius 1 is 1.05 bits per heavy atom. The SMILES string of the molecule is CCNc1nc(NCCCC(F)(F)F)cc(C(F)(F)F)n1. The van der Waals surface area contributed by atoms with E-state index in [1.54, 1.807) is 6.92 Å². The van der Waals surface area contributed by atoms with Crippen LogP contribution in [-0.2, 0) is 6.18 Å². The second kappa shape index (κ2) is 6.81. The zero-order valence-corrected chi connectivity index (χ0v) is 11.1. The van der Waals surface area contributed by atoms with Crippen molar-refractivity contribution >= 4 is 11.8 Å². The Kier molecular flexibility index (Phi) is 5.62. The summed E-state index contributed by atoms with van der Waals surface area (Å²) in [6.07, 6.45) is -10.2. The number of halogens is 6. The predicted molar refractivity (Wildman–Crippen MR) is 65.0 cm³/mol. The summed E-state index contributed by atoms with van der Waals surface area (Å²) < 4.78 is 73.8. The Balaban J connectivity index is 2.74. The first kappa shape index (κ1) is 17.3. The van der Waals surface area contributed by atoms with E-state index in [-0.39, 0.29) is 24.7 Å². The third-order valence-corrected chi connectivity index (χ3v) is 2.29. The lowest BCUT2D eigenvalue weighted by Crippen LogP contribution is -2.15. The second-order valence-electron chi connectivity index (χ2n) is 4.14. The number of anilines is 2. The largest absolute Gasteiger partial charge is 0.433 e. The fourth-order valence-electron chi connectivity index (χ4n) is 1.43. The smallest absolute Gasteiger partial charge is 0.370 e. The Labute approximate surface area is 117 Å². The van der Waals surface area contributed by atoms with Crippen molar-refractivity contribution in [3.63, 3.8) is 0 Å². The lowest BCUT2D eigenvalue weighted by atomic mass is 10.3. The fourth-order valence-corrected chi connectivity index (χ4v) is 1.43. The van der Waals surface area contributed by atoms with E-state index in [0.29, 0.717) is 12.6 Å². The Hall–Kier alpha value is -1.74. The van der Waals surface area contributed by atoms with Gasteiger partial charge in [-0.3, -0.25) is 0 Å². The lowest BCUT2D eigenvalue weighted by molar-refractivity contribution is -0.141. The van der Waals surface area contributed by atoms with E-state index in [9.17, 15) is 26.3 Å². The molecule has 0 atom stereocenters. The molecule has 0 saturated carbocycles. The first-order valence-electron chi connectivity index (χ1n) is 6.12. The highest BCUT2D eigenvalue weighted by molar-refractivity contribution is 5.43. The molecule has 0 bridgehead atoms. The standard InChI is InChI=1S/C11H14F6N4/c1-2-18-9-20-7(11(15,16)17)6-8(21-9)19-5-3-4-10(12,13)14/h6H,2-5H2,1H3,(H2,18,19,20,21). The lowest BCUT2D eigenvalue weighted by Gasteiger charge is -2.12. The van der Waals surface area contributed by atoms with Crippen LogP contribution >= 0.6 is 0 Å². The minimum absolute atomic E-state index is 0.139. The summed E-state index contributed by atoms with van der Waals surface area (Å²) in [5, 5.41) is 4.97. The van der Waals surface area contributed by atoms with Crippen molar-refractivity contribution in [2.24, 2.45) is 0 Å². The molecule has 1 heterocycles. The Bertz CT molecular complexity index is 457. The van der Waals surface area contributed by atoms with Gasteiger partial charge in [-0.15, -0.1) is 0 Å². The van der Waals surface area contributed by atoms with Gasteiger partial charge in [-0.2, -0.15) is 31.3 Å². The summed E-state index contributed by atoms with van der Waals surface area (Å²) in [6.45, 7) is 1.83. The van der Waals surface area contributed by atoms with Crippen LogP contribution in [0.4, 0.5) is 38.1 Å². The number of aromatic nitrogens is 2. The number of nitrogens with one attached hydrogen (secondary N) is 2. The van der Waals surface area contributed by atoms with Crippen LogP contribution in [-0.4, -0.2) is 29.2 Å². The molecule has 0 aliphatic rings. The van der Waals surface area contributed by atoms with Gasteiger partial charge in [-0.1, -0.05) is 0 Å². The summed E-state index contributed by atoms with van der Waals surface area (Å²) >= 11 is 0.